The first-order valence-corrected chi connectivity index (χ1v) is 6.74. The third-order valence-electron chi connectivity index (χ3n) is 2.92. The largest absolute Gasteiger partial charge is 0.321 e. The standard InChI is InChI=1S/C13H13FIN3O/c1-7-12(8(2)18(3)17-7)13(19)16-11-5-4-9(14)6-10(11)15/h4-6H,1-3H3,(H,16,19). The van der Waals surface area contributed by atoms with Crippen LogP contribution in [0.3, 0.4) is 0 Å². The SMILES string of the molecule is Cc1nn(C)c(C)c1C(=O)Nc1ccc(F)cc1I. The maximum atomic E-state index is 13.0. The minimum Gasteiger partial charge on any atom is -0.321 e. The fourth-order valence-corrected chi connectivity index (χ4v) is 2.49. The summed E-state index contributed by atoms with van der Waals surface area (Å²) in [5.41, 5.74) is 2.62. The van der Waals surface area contributed by atoms with Gasteiger partial charge in [-0.1, -0.05) is 0 Å². The number of hydrogen-bond donors (Lipinski definition) is 1. The van der Waals surface area contributed by atoms with Crippen molar-refractivity contribution in [1.29, 1.82) is 0 Å². The van der Waals surface area contributed by atoms with Gasteiger partial charge in [0.2, 0.25) is 0 Å². The van der Waals surface area contributed by atoms with Gasteiger partial charge in [0, 0.05) is 16.3 Å². The van der Waals surface area contributed by atoms with Crippen LogP contribution in [0.5, 0.6) is 0 Å². The summed E-state index contributed by atoms with van der Waals surface area (Å²) in [6.07, 6.45) is 0. The molecule has 0 aliphatic rings. The van der Waals surface area contributed by atoms with E-state index in [0.717, 1.165) is 5.69 Å². The Bertz CT molecular complexity index is 652. The monoisotopic (exact) mass is 373 g/mol. The van der Waals surface area contributed by atoms with E-state index in [-0.39, 0.29) is 11.7 Å². The summed E-state index contributed by atoms with van der Waals surface area (Å²) in [4.78, 5) is 12.2. The molecule has 0 spiro atoms. The van der Waals surface area contributed by atoms with Gasteiger partial charge in [0.1, 0.15) is 5.82 Å². The second-order valence-corrected chi connectivity index (χ2v) is 5.41. The zero-order chi connectivity index (χ0) is 14.2. The van der Waals surface area contributed by atoms with Gasteiger partial charge in [0.05, 0.1) is 16.9 Å². The lowest BCUT2D eigenvalue weighted by molar-refractivity contribution is 0.102. The normalized spacial score (nSPS) is 10.6. The molecule has 0 bridgehead atoms. The molecule has 1 amide bonds. The Balaban J connectivity index is 2.31. The molecule has 0 saturated heterocycles. The van der Waals surface area contributed by atoms with Crippen LogP contribution in [0.2, 0.25) is 0 Å². The summed E-state index contributed by atoms with van der Waals surface area (Å²) in [5.74, 6) is -0.552. The van der Waals surface area contributed by atoms with Crippen LogP contribution in [-0.4, -0.2) is 15.7 Å². The quantitative estimate of drug-likeness (QED) is 0.823. The number of carbonyl (C=O) groups excluding carboxylic acids is 1. The van der Waals surface area contributed by atoms with E-state index >= 15 is 0 Å². The Kier molecular flexibility index (Phi) is 3.88. The van der Waals surface area contributed by atoms with E-state index in [0.29, 0.717) is 20.5 Å². The first-order valence-electron chi connectivity index (χ1n) is 5.66. The topological polar surface area (TPSA) is 46.9 Å². The third-order valence-corrected chi connectivity index (χ3v) is 3.81. The average molecular weight is 373 g/mol. The van der Waals surface area contributed by atoms with E-state index in [1.54, 1.807) is 24.7 Å². The smallest absolute Gasteiger partial charge is 0.259 e. The van der Waals surface area contributed by atoms with Crippen molar-refractivity contribution in [1.82, 2.24) is 9.78 Å². The van der Waals surface area contributed by atoms with Crippen LogP contribution in [0.4, 0.5) is 10.1 Å². The van der Waals surface area contributed by atoms with Crippen LogP contribution in [0.25, 0.3) is 0 Å². The Morgan fingerprint density at radius 1 is 1.42 bits per heavy atom. The lowest BCUT2D eigenvalue weighted by atomic mass is 10.2. The minimum atomic E-state index is -0.323. The molecule has 6 heteroatoms. The van der Waals surface area contributed by atoms with E-state index < -0.39 is 0 Å². The number of carbonyl (C=O) groups is 1. The van der Waals surface area contributed by atoms with Gasteiger partial charge in [-0.3, -0.25) is 9.48 Å². The number of halogens is 2. The van der Waals surface area contributed by atoms with Gasteiger partial charge >= 0.3 is 0 Å². The molecule has 2 aromatic rings. The maximum Gasteiger partial charge on any atom is 0.259 e. The predicted molar refractivity (Wildman–Crippen MR) is 79.8 cm³/mol. The fraction of sp³-hybridized carbons (Fsp3) is 0.231. The number of hydrogen-bond acceptors (Lipinski definition) is 2. The first kappa shape index (κ1) is 14.0. The second kappa shape index (κ2) is 5.28. The average Bonchev–Trinajstić information content (AvgIpc) is 2.57. The first-order chi connectivity index (χ1) is 8.90. The number of rotatable bonds is 2. The summed E-state index contributed by atoms with van der Waals surface area (Å²) >= 11 is 1.99. The maximum absolute atomic E-state index is 13.0. The summed E-state index contributed by atoms with van der Waals surface area (Å²) in [5, 5.41) is 6.99. The van der Waals surface area contributed by atoms with Crippen LogP contribution in [0.1, 0.15) is 21.7 Å². The van der Waals surface area contributed by atoms with Crippen LogP contribution in [-0.2, 0) is 7.05 Å². The molecular weight excluding hydrogens is 360 g/mol. The summed E-state index contributed by atoms with van der Waals surface area (Å²) < 4.78 is 15.3. The van der Waals surface area contributed by atoms with Crippen molar-refractivity contribution >= 4 is 34.2 Å². The lowest BCUT2D eigenvalue weighted by Gasteiger charge is -2.07. The molecule has 1 aromatic carbocycles. The number of amides is 1. The number of nitrogens with zero attached hydrogens (tertiary/aromatic N) is 2. The van der Waals surface area contributed by atoms with Crippen molar-refractivity contribution in [2.24, 2.45) is 7.05 Å². The molecule has 1 aromatic heterocycles. The van der Waals surface area contributed by atoms with Gasteiger partial charge in [0.15, 0.2) is 0 Å². The highest BCUT2D eigenvalue weighted by Gasteiger charge is 2.18. The van der Waals surface area contributed by atoms with Crippen molar-refractivity contribution in [2.45, 2.75) is 13.8 Å². The van der Waals surface area contributed by atoms with Gasteiger partial charge in [0.25, 0.3) is 5.91 Å². The molecule has 0 aliphatic carbocycles. The minimum absolute atomic E-state index is 0.229. The van der Waals surface area contributed by atoms with E-state index in [9.17, 15) is 9.18 Å². The summed E-state index contributed by atoms with van der Waals surface area (Å²) in [6, 6.07) is 4.25. The molecule has 4 nitrogen and oxygen atoms in total. The zero-order valence-corrected chi connectivity index (χ0v) is 12.9. The molecule has 1 N–H and O–H groups in total. The number of aryl methyl sites for hydroxylation is 2. The summed E-state index contributed by atoms with van der Waals surface area (Å²) in [7, 11) is 1.79. The highest BCUT2D eigenvalue weighted by atomic mass is 127. The Morgan fingerprint density at radius 3 is 2.63 bits per heavy atom. The molecule has 2 rings (SSSR count). The van der Waals surface area contributed by atoms with E-state index in [2.05, 4.69) is 10.4 Å². The molecule has 0 aliphatic heterocycles. The van der Waals surface area contributed by atoms with Gasteiger partial charge < -0.3 is 5.32 Å². The second-order valence-electron chi connectivity index (χ2n) is 4.25. The van der Waals surface area contributed by atoms with E-state index in [1.165, 1.54) is 12.1 Å². The number of aromatic nitrogens is 2. The van der Waals surface area contributed by atoms with Gasteiger partial charge in [-0.25, -0.2) is 4.39 Å². The van der Waals surface area contributed by atoms with Crippen LogP contribution >= 0.6 is 22.6 Å². The molecule has 0 saturated carbocycles. The molecule has 0 unspecified atom stereocenters. The van der Waals surface area contributed by atoms with Crippen molar-refractivity contribution in [3.05, 3.63) is 44.5 Å². The van der Waals surface area contributed by atoms with Gasteiger partial charge in [-0.05, 0) is 54.6 Å². The lowest BCUT2D eigenvalue weighted by Crippen LogP contribution is -2.15. The van der Waals surface area contributed by atoms with Crippen LogP contribution in [0.15, 0.2) is 18.2 Å². The molecular formula is C13H13FIN3O. The molecule has 19 heavy (non-hydrogen) atoms. The highest BCUT2D eigenvalue weighted by Crippen LogP contribution is 2.21. The highest BCUT2D eigenvalue weighted by molar-refractivity contribution is 14.1. The van der Waals surface area contributed by atoms with Crippen LogP contribution < -0.4 is 5.32 Å². The number of nitrogens with one attached hydrogen (secondary N) is 1. The zero-order valence-electron chi connectivity index (χ0n) is 10.8. The van der Waals surface area contributed by atoms with Gasteiger partial charge in [-0.2, -0.15) is 5.10 Å². The molecule has 0 atom stereocenters. The Labute approximate surface area is 124 Å². The van der Waals surface area contributed by atoms with Crippen molar-refractivity contribution in [3.63, 3.8) is 0 Å². The van der Waals surface area contributed by atoms with E-state index in [4.69, 9.17) is 0 Å². The van der Waals surface area contributed by atoms with E-state index in [1.807, 2.05) is 29.5 Å². The molecule has 100 valence electrons. The van der Waals surface area contributed by atoms with Crippen molar-refractivity contribution in [3.8, 4) is 0 Å². The van der Waals surface area contributed by atoms with Crippen molar-refractivity contribution in [2.75, 3.05) is 5.32 Å². The third kappa shape index (κ3) is 2.78. The fourth-order valence-electron chi connectivity index (χ4n) is 1.88. The molecule has 0 fully saturated rings. The molecule has 0 radical (unpaired) electrons. The molecule has 1 heterocycles. The van der Waals surface area contributed by atoms with Crippen molar-refractivity contribution < 1.29 is 9.18 Å². The Morgan fingerprint density at radius 2 is 2.11 bits per heavy atom. The number of anilines is 1. The predicted octanol–water partition coefficient (Wildman–Crippen LogP) is 3.03. The Hall–Kier alpha value is -1.44. The van der Waals surface area contributed by atoms with Gasteiger partial charge in [-0.15, -0.1) is 0 Å². The van der Waals surface area contributed by atoms with Crippen LogP contribution in [0, 0.1) is 23.2 Å². The number of benzene rings is 1. The summed E-state index contributed by atoms with van der Waals surface area (Å²) in [6.45, 7) is 3.63.